The van der Waals surface area contributed by atoms with Gasteiger partial charge in [0.2, 0.25) is 5.91 Å². The Morgan fingerprint density at radius 2 is 2.10 bits per heavy atom. The van der Waals surface area contributed by atoms with Crippen LogP contribution in [-0.4, -0.2) is 24.0 Å². The van der Waals surface area contributed by atoms with Crippen molar-refractivity contribution in [3.05, 3.63) is 28.3 Å². The molecule has 0 fully saturated rings. The van der Waals surface area contributed by atoms with Gasteiger partial charge in [-0.1, -0.05) is 6.92 Å². The van der Waals surface area contributed by atoms with Crippen LogP contribution in [0.4, 0.5) is 11.4 Å². The first-order valence-corrected chi connectivity index (χ1v) is 6.72. The molecule has 1 rings (SSSR count). The highest BCUT2D eigenvalue weighted by Crippen LogP contribution is 2.27. The molecular formula is C14H21N3O4. The van der Waals surface area contributed by atoms with Gasteiger partial charge < -0.3 is 15.8 Å². The van der Waals surface area contributed by atoms with E-state index in [1.54, 1.807) is 19.9 Å². The van der Waals surface area contributed by atoms with Crippen molar-refractivity contribution >= 4 is 17.3 Å². The van der Waals surface area contributed by atoms with Crippen LogP contribution < -0.4 is 15.8 Å². The van der Waals surface area contributed by atoms with Gasteiger partial charge in [0, 0.05) is 24.4 Å². The summed E-state index contributed by atoms with van der Waals surface area (Å²) < 4.78 is 5.43. The summed E-state index contributed by atoms with van der Waals surface area (Å²) in [6.07, 6.45) is 0.806. The number of ether oxygens (including phenoxy) is 1. The number of benzene rings is 1. The summed E-state index contributed by atoms with van der Waals surface area (Å²) >= 11 is 0. The van der Waals surface area contributed by atoms with Crippen LogP contribution in [0.25, 0.3) is 0 Å². The summed E-state index contributed by atoms with van der Waals surface area (Å²) in [6, 6.07) is 4.44. The summed E-state index contributed by atoms with van der Waals surface area (Å²) in [4.78, 5) is 21.7. The van der Waals surface area contributed by atoms with Crippen LogP contribution in [0.3, 0.4) is 0 Å². The predicted octanol–water partition coefficient (Wildman–Crippen LogP) is 2.31. The fraction of sp³-hybridized carbons (Fsp3) is 0.500. The molecule has 0 aliphatic carbocycles. The number of hydrogen-bond donors (Lipinski definition) is 2. The molecule has 116 valence electrons. The smallest absolute Gasteiger partial charge is 0.275 e. The van der Waals surface area contributed by atoms with Gasteiger partial charge in [0.15, 0.2) is 0 Å². The second-order valence-corrected chi connectivity index (χ2v) is 5.42. The Morgan fingerprint density at radius 3 is 2.62 bits per heavy atom. The SMILES string of the molecule is CCCOc1cc(NCC(C)(C)C(N)=O)cc([N+](=O)[O-])c1. The molecule has 0 aromatic heterocycles. The first-order valence-electron chi connectivity index (χ1n) is 6.72. The van der Waals surface area contributed by atoms with E-state index in [9.17, 15) is 14.9 Å². The van der Waals surface area contributed by atoms with Crippen LogP contribution in [0.5, 0.6) is 5.75 Å². The number of nitro benzene ring substituents is 1. The van der Waals surface area contributed by atoms with Crippen LogP contribution >= 0.6 is 0 Å². The van der Waals surface area contributed by atoms with Crippen LogP contribution in [-0.2, 0) is 4.79 Å². The standard InChI is InChI=1S/C14H21N3O4/c1-4-5-21-12-7-10(6-11(8-12)17(19)20)16-9-14(2,3)13(15)18/h6-8,16H,4-5,9H2,1-3H3,(H2,15,18). The van der Waals surface area contributed by atoms with E-state index in [0.717, 1.165) is 6.42 Å². The lowest BCUT2D eigenvalue weighted by atomic mass is 9.92. The van der Waals surface area contributed by atoms with E-state index in [2.05, 4.69) is 5.32 Å². The first-order chi connectivity index (χ1) is 9.76. The number of carbonyl (C=O) groups excluding carboxylic acids is 1. The molecule has 0 aliphatic rings. The maximum atomic E-state index is 11.3. The highest BCUT2D eigenvalue weighted by Gasteiger charge is 2.24. The lowest BCUT2D eigenvalue weighted by molar-refractivity contribution is -0.384. The molecular weight excluding hydrogens is 274 g/mol. The number of carbonyl (C=O) groups is 1. The van der Waals surface area contributed by atoms with Crippen molar-refractivity contribution < 1.29 is 14.5 Å². The summed E-state index contributed by atoms with van der Waals surface area (Å²) in [5, 5.41) is 13.9. The van der Waals surface area contributed by atoms with E-state index >= 15 is 0 Å². The van der Waals surface area contributed by atoms with E-state index < -0.39 is 16.2 Å². The number of primary amides is 1. The number of nitrogens with zero attached hydrogens (tertiary/aromatic N) is 1. The third kappa shape index (κ3) is 4.94. The van der Waals surface area contributed by atoms with Crippen molar-refractivity contribution in [3.8, 4) is 5.75 Å². The number of anilines is 1. The molecule has 0 aliphatic heterocycles. The Bertz CT molecular complexity index is 529. The zero-order valence-electron chi connectivity index (χ0n) is 12.5. The van der Waals surface area contributed by atoms with Crippen LogP contribution in [0.15, 0.2) is 18.2 Å². The second kappa shape index (κ2) is 6.92. The highest BCUT2D eigenvalue weighted by molar-refractivity contribution is 5.80. The van der Waals surface area contributed by atoms with E-state index in [4.69, 9.17) is 10.5 Å². The van der Waals surface area contributed by atoms with Gasteiger partial charge in [-0.15, -0.1) is 0 Å². The van der Waals surface area contributed by atoms with Gasteiger partial charge in [-0.3, -0.25) is 14.9 Å². The molecule has 7 heteroatoms. The molecule has 0 saturated carbocycles. The van der Waals surface area contributed by atoms with Gasteiger partial charge >= 0.3 is 0 Å². The van der Waals surface area contributed by atoms with Crippen molar-refractivity contribution in [2.45, 2.75) is 27.2 Å². The maximum absolute atomic E-state index is 11.3. The number of nitrogens with two attached hydrogens (primary N) is 1. The van der Waals surface area contributed by atoms with E-state index in [-0.39, 0.29) is 12.2 Å². The molecule has 7 nitrogen and oxygen atoms in total. The largest absolute Gasteiger partial charge is 0.493 e. The Labute approximate surface area is 123 Å². The van der Waals surface area contributed by atoms with Crippen molar-refractivity contribution in [2.75, 3.05) is 18.5 Å². The van der Waals surface area contributed by atoms with Gasteiger partial charge in [0.25, 0.3) is 5.69 Å². The van der Waals surface area contributed by atoms with Crippen molar-refractivity contribution in [1.82, 2.24) is 0 Å². The van der Waals surface area contributed by atoms with Gasteiger partial charge in [-0.2, -0.15) is 0 Å². The zero-order chi connectivity index (χ0) is 16.0. The molecule has 1 aromatic carbocycles. The molecule has 0 bridgehead atoms. The summed E-state index contributed by atoms with van der Waals surface area (Å²) in [7, 11) is 0. The Kier molecular flexibility index (Phi) is 5.52. The van der Waals surface area contributed by atoms with Crippen molar-refractivity contribution in [1.29, 1.82) is 0 Å². The Balaban J connectivity index is 2.92. The molecule has 0 heterocycles. The second-order valence-electron chi connectivity index (χ2n) is 5.42. The monoisotopic (exact) mass is 295 g/mol. The highest BCUT2D eigenvalue weighted by atomic mass is 16.6. The minimum absolute atomic E-state index is 0.0667. The van der Waals surface area contributed by atoms with E-state index in [0.29, 0.717) is 18.0 Å². The number of nitro groups is 1. The lowest BCUT2D eigenvalue weighted by Crippen LogP contribution is -2.37. The maximum Gasteiger partial charge on any atom is 0.275 e. The summed E-state index contributed by atoms with van der Waals surface area (Å²) in [5.74, 6) is -0.0201. The molecule has 1 aromatic rings. The normalized spacial score (nSPS) is 11.0. The quantitative estimate of drug-likeness (QED) is 0.565. The molecule has 0 atom stereocenters. The average molecular weight is 295 g/mol. The topological polar surface area (TPSA) is 107 Å². The predicted molar refractivity (Wildman–Crippen MR) is 80.3 cm³/mol. The molecule has 0 unspecified atom stereocenters. The molecule has 0 spiro atoms. The number of nitrogens with one attached hydrogen (secondary N) is 1. The fourth-order valence-corrected chi connectivity index (χ4v) is 1.50. The zero-order valence-corrected chi connectivity index (χ0v) is 12.5. The van der Waals surface area contributed by atoms with E-state index in [1.165, 1.54) is 12.1 Å². The van der Waals surface area contributed by atoms with Crippen LogP contribution in [0.2, 0.25) is 0 Å². The molecule has 0 saturated heterocycles. The summed E-state index contributed by atoms with van der Waals surface area (Å²) in [5.41, 5.74) is 4.99. The van der Waals surface area contributed by atoms with Gasteiger partial charge in [-0.25, -0.2) is 0 Å². The third-order valence-corrected chi connectivity index (χ3v) is 2.98. The Hall–Kier alpha value is -2.31. The first kappa shape index (κ1) is 16.7. The fourth-order valence-electron chi connectivity index (χ4n) is 1.50. The lowest BCUT2D eigenvalue weighted by Gasteiger charge is -2.21. The van der Waals surface area contributed by atoms with Crippen molar-refractivity contribution in [2.24, 2.45) is 11.1 Å². The van der Waals surface area contributed by atoms with Crippen molar-refractivity contribution in [3.63, 3.8) is 0 Å². The molecule has 3 N–H and O–H groups in total. The average Bonchev–Trinajstić information content (AvgIpc) is 2.42. The van der Waals surface area contributed by atoms with Gasteiger partial charge in [0.05, 0.1) is 23.0 Å². The third-order valence-electron chi connectivity index (χ3n) is 2.98. The number of non-ortho nitro benzene ring substituents is 1. The Morgan fingerprint density at radius 1 is 1.43 bits per heavy atom. The number of hydrogen-bond acceptors (Lipinski definition) is 5. The van der Waals surface area contributed by atoms with Gasteiger partial charge in [-0.05, 0) is 20.3 Å². The minimum atomic E-state index is -0.755. The molecule has 0 radical (unpaired) electrons. The van der Waals surface area contributed by atoms with Gasteiger partial charge in [0.1, 0.15) is 5.75 Å². The minimum Gasteiger partial charge on any atom is -0.493 e. The summed E-state index contributed by atoms with van der Waals surface area (Å²) in [6.45, 7) is 6.11. The van der Waals surface area contributed by atoms with E-state index in [1.807, 2.05) is 6.92 Å². The number of rotatable bonds is 8. The molecule has 1 amide bonds. The molecule has 21 heavy (non-hydrogen) atoms. The number of amides is 1. The van der Waals surface area contributed by atoms with Crippen LogP contribution in [0, 0.1) is 15.5 Å². The van der Waals surface area contributed by atoms with Crippen LogP contribution in [0.1, 0.15) is 27.2 Å².